The molecule has 1 N–H and O–H groups in total. The summed E-state index contributed by atoms with van der Waals surface area (Å²) in [5.74, 6) is 1.82. The Morgan fingerprint density at radius 3 is 2.48 bits per heavy atom. The lowest BCUT2D eigenvalue weighted by molar-refractivity contribution is -0.124. The average molecular weight is 427 g/mol. The van der Waals surface area contributed by atoms with Crippen LogP contribution in [0.5, 0.6) is 5.75 Å². The number of amides is 1. The first kappa shape index (κ1) is 22.7. The van der Waals surface area contributed by atoms with Crippen molar-refractivity contribution in [2.75, 3.05) is 39.8 Å². The van der Waals surface area contributed by atoms with Crippen LogP contribution < -0.4 is 10.1 Å². The maximum absolute atomic E-state index is 12.4. The van der Waals surface area contributed by atoms with Gasteiger partial charge in [0.2, 0.25) is 17.6 Å². The zero-order chi connectivity index (χ0) is 22.4. The maximum Gasteiger partial charge on any atom is 0.241 e. The van der Waals surface area contributed by atoms with E-state index >= 15 is 0 Å². The molecule has 1 aliphatic rings. The second kappa shape index (κ2) is 9.90. The number of hydrogen-bond donors (Lipinski definition) is 1. The smallest absolute Gasteiger partial charge is 0.241 e. The molecule has 9 nitrogen and oxygen atoms in total. The minimum absolute atomic E-state index is 0.0375. The molecule has 1 fully saturated rings. The maximum atomic E-state index is 12.4. The normalized spacial score (nSPS) is 17.2. The molecular formula is C22H30N6O3. The van der Waals surface area contributed by atoms with Gasteiger partial charge < -0.3 is 14.6 Å². The molecule has 1 amide bonds. The number of benzene rings is 1. The molecule has 1 aromatic heterocycles. The van der Waals surface area contributed by atoms with E-state index in [1.807, 2.05) is 38.1 Å². The largest absolute Gasteiger partial charge is 0.497 e. The van der Waals surface area contributed by atoms with E-state index < -0.39 is 5.54 Å². The van der Waals surface area contributed by atoms with Crippen molar-refractivity contribution in [2.24, 2.45) is 5.92 Å². The molecule has 0 radical (unpaired) electrons. The van der Waals surface area contributed by atoms with Crippen molar-refractivity contribution in [2.45, 2.75) is 32.9 Å². The summed E-state index contributed by atoms with van der Waals surface area (Å²) in [5, 5.41) is 16.3. The highest BCUT2D eigenvalue weighted by Gasteiger charge is 2.31. The molecule has 0 aliphatic carbocycles. The van der Waals surface area contributed by atoms with Gasteiger partial charge >= 0.3 is 0 Å². The van der Waals surface area contributed by atoms with Crippen LogP contribution in [0.3, 0.4) is 0 Å². The molecule has 1 aromatic carbocycles. The first-order chi connectivity index (χ1) is 14.8. The van der Waals surface area contributed by atoms with E-state index in [2.05, 4.69) is 31.3 Å². The summed E-state index contributed by atoms with van der Waals surface area (Å²) in [6, 6.07) is 9.73. The summed E-state index contributed by atoms with van der Waals surface area (Å²) in [4.78, 5) is 21.2. The van der Waals surface area contributed by atoms with Gasteiger partial charge in [-0.25, -0.2) is 0 Å². The molecule has 0 bridgehead atoms. The van der Waals surface area contributed by atoms with Crippen LogP contribution in [0.1, 0.15) is 26.7 Å². The molecule has 166 valence electrons. The zero-order valence-corrected chi connectivity index (χ0v) is 18.6. The van der Waals surface area contributed by atoms with Crippen molar-refractivity contribution in [3.63, 3.8) is 0 Å². The van der Waals surface area contributed by atoms with Gasteiger partial charge in [-0.05, 0) is 37.1 Å². The van der Waals surface area contributed by atoms with Gasteiger partial charge in [0.15, 0.2) is 0 Å². The number of carbonyl (C=O) groups excluding carboxylic acids is 1. The van der Waals surface area contributed by atoms with Gasteiger partial charge in [0.1, 0.15) is 11.3 Å². The van der Waals surface area contributed by atoms with Gasteiger partial charge in [0.05, 0.1) is 26.3 Å². The SMILES string of the molecule is COc1ccc(-c2noc(CN3CCN(CC(=O)NC(C)(C#N)C(C)C)CC3)n2)cc1. The molecule has 2 heterocycles. The lowest BCUT2D eigenvalue weighted by atomic mass is 9.90. The lowest BCUT2D eigenvalue weighted by Crippen LogP contribution is -2.54. The van der Waals surface area contributed by atoms with E-state index in [1.54, 1.807) is 14.0 Å². The summed E-state index contributed by atoms with van der Waals surface area (Å²) in [6.45, 7) is 9.61. The molecular weight excluding hydrogens is 396 g/mol. The Labute approximate surface area is 183 Å². The van der Waals surface area contributed by atoms with E-state index in [-0.39, 0.29) is 11.8 Å². The third-order valence-electron chi connectivity index (χ3n) is 5.79. The highest BCUT2D eigenvalue weighted by molar-refractivity contribution is 5.79. The van der Waals surface area contributed by atoms with Crippen LogP contribution in [-0.2, 0) is 11.3 Å². The highest BCUT2D eigenvalue weighted by atomic mass is 16.5. The monoisotopic (exact) mass is 426 g/mol. The van der Waals surface area contributed by atoms with Crippen LogP contribution >= 0.6 is 0 Å². The zero-order valence-electron chi connectivity index (χ0n) is 18.6. The summed E-state index contributed by atoms with van der Waals surface area (Å²) in [5.41, 5.74) is 0.0238. The van der Waals surface area contributed by atoms with Crippen LogP contribution in [0, 0.1) is 17.2 Å². The third kappa shape index (κ3) is 5.81. The fraction of sp³-hybridized carbons (Fsp3) is 0.545. The number of nitrogens with one attached hydrogen (secondary N) is 1. The fourth-order valence-electron chi connectivity index (χ4n) is 3.31. The number of carbonyl (C=O) groups is 1. The van der Waals surface area contributed by atoms with Gasteiger partial charge in [-0.15, -0.1) is 0 Å². The number of rotatable bonds is 8. The molecule has 1 unspecified atom stereocenters. The molecule has 1 aliphatic heterocycles. The Balaban J connectivity index is 1.47. The van der Waals surface area contributed by atoms with Crippen LogP contribution in [0.25, 0.3) is 11.4 Å². The molecule has 2 aromatic rings. The second-order valence-corrected chi connectivity index (χ2v) is 8.31. The average Bonchev–Trinajstić information content (AvgIpc) is 3.23. The van der Waals surface area contributed by atoms with Crippen molar-refractivity contribution in [3.05, 3.63) is 30.2 Å². The number of aromatic nitrogens is 2. The van der Waals surface area contributed by atoms with Gasteiger partial charge in [0, 0.05) is 31.7 Å². The Hall–Kier alpha value is -2.96. The van der Waals surface area contributed by atoms with Crippen molar-refractivity contribution >= 4 is 5.91 Å². The quantitative estimate of drug-likeness (QED) is 0.682. The Morgan fingerprint density at radius 1 is 1.26 bits per heavy atom. The third-order valence-corrected chi connectivity index (χ3v) is 5.79. The predicted octanol–water partition coefficient (Wildman–Crippen LogP) is 1.92. The molecule has 1 saturated heterocycles. The van der Waals surface area contributed by atoms with Crippen molar-refractivity contribution in [1.29, 1.82) is 5.26 Å². The second-order valence-electron chi connectivity index (χ2n) is 8.31. The summed E-state index contributed by atoms with van der Waals surface area (Å²) in [7, 11) is 1.63. The number of methoxy groups -OCH3 is 1. The first-order valence-corrected chi connectivity index (χ1v) is 10.5. The van der Waals surface area contributed by atoms with Gasteiger partial charge in [-0.1, -0.05) is 19.0 Å². The number of hydrogen-bond acceptors (Lipinski definition) is 8. The Kier molecular flexibility index (Phi) is 7.25. The minimum atomic E-state index is -0.849. The Bertz CT molecular complexity index is 912. The van der Waals surface area contributed by atoms with E-state index in [1.165, 1.54) is 0 Å². The minimum Gasteiger partial charge on any atom is -0.497 e. The van der Waals surface area contributed by atoms with E-state index in [4.69, 9.17) is 9.26 Å². The van der Waals surface area contributed by atoms with Gasteiger partial charge in [-0.3, -0.25) is 14.6 Å². The standard InChI is InChI=1S/C22H30N6O3/c1-16(2)22(3,15-23)25-19(29)13-27-9-11-28(12-10-27)14-20-24-21(26-31-20)17-5-7-18(30-4)8-6-17/h5-8,16H,9-14H2,1-4H3,(H,25,29). The van der Waals surface area contributed by atoms with Crippen molar-refractivity contribution < 1.29 is 14.1 Å². The van der Waals surface area contributed by atoms with Crippen LogP contribution in [-0.4, -0.2) is 71.2 Å². The summed E-state index contributed by atoms with van der Waals surface area (Å²) >= 11 is 0. The number of nitrogens with zero attached hydrogens (tertiary/aromatic N) is 5. The highest BCUT2D eigenvalue weighted by Crippen LogP contribution is 2.20. The van der Waals surface area contributed by atoms with Crippen molar-refractivity contribution in [3.8, 4) is 23.2 Å². The van der Waals surface area contributed by atoms with Gasteiger partial charge in [-0.2, -0.15) is 10.2 Å². The molecule has 9 heteroatoms. The Morgan fingerprint density at radius 2 is 1.90 bits per heavy atom. The van der Waals surface area contributed by atoms with E-state index in [9.17, 15) is 10.1 Å². The number of nitriles is 1. The molecule has 3 rings (SSSR count). The fourth-order valence-corrected chi connectivity index (χ4v) is 3.31. The molecule has 0 saturated carbocycles. The molecule has 31 heavy (non-hydrogen) atoms. The topological polar surface area (TPSA) is 108 Å². The lowest BCUT2D eigenvalue weighted by Gasteiger charge is -2.34. The summed E-state index contributed by atoms with van der Waals surface area (Å²) in [6.07, 6.45) is 0. The summed E-state index contributed by atoms with van der Waals surface area (Å²) < 4.78 is 10.6. The van der Waals surface area contributed by atoms with Crippen molar-refractivity contribution in [1.82, 2.24) is 25.3 Å². The number of piperazine rings is 1. The van der Waals surface area contributed by atoms with E-state index in [0.29, 0.717) is 24.8 Å². The molecule has 1 atom stereocenters. The predicted molar refractivity (Wildman–Crippen MR) is 115 cm³/mol. The number of ether oxygens (including phenoxy) is 1. The van der Waals surface area contributed by atoms with Crippen LogP contribution in [0.4, 0.5) is 0 Å². The first-order valence-electron chi connectivity index (χ1n) is 10.5. The van der Waals surface area contributed by atoms with E-state index in [0.717, 1.165) is 37.5 Å². The van der Waals surface area contributed by atoms with Crippen LogP contribution in [0.15, 0.2) is 28.8 Å². The van der Waals surface area contributed by atoms with Crippen LogP contribution in [0.2, 0.25) is 0 Å². The molecule has 0 spiro atoms. The van der Waals surface area contributed by atoms with Gasteiger partial charge in [0.25, 0.3) is 0 Å².